The molecule has 0 saturated heterocycles. The van der Waals surface area contributed by atoms with Crippen molar-refractivity contribution in [3.05, 3.63) is 83.6 Å². The molecule has 0 saturated carbocycles. The van der Waals surface area contributed by atoms with Gasteiger partial charge < -0.3 is 10.1 Å². The first-order chi connectivity index (χ1) is 18.9. The van der Waals surface area contributed by atoms with Gasteiger partial charge in [0.1, 0.15) is 5.75 Å². The second-order valence-electron chi connectivity index (χ2n) is 10.6. The number of hydrogen-bond donors (Lipinski definition) is 1. The fourth-order valence-electron chi connectivity index (χ4n) is 4.82. The number of rotatable bonds is 5. The maximum Gasteiger partial charge on any atom is 0.128 e. The number of aromatic nitrogens is 1. The van der Waals surface area contributed by atoms with Gasteiger partial charge in [-0.15, -0.1) is 0 Å². The van der Waals surface area contributed by atoms with E-state index in [0.29, 0.717) is 12.5 Å². The molecular weight excluding hydrogens is 478 g/mol. The number of ether oxygens (including phenoxy) is 1. The molecule has 214 valence electrons. The van der Waals surface area contributed by atoms with Crippen molar-refractivity contribution in [2.75, 3.05) is 19.7 Å². The number of fused-ring (bicyclic) bond motifs is 1. The van der Waals surface area contributed by atoms with Gasteiger partial charge in [0, 0.05) is 30.7 Å². The molecule has 4 heteroatoms. The average molecular weight is 532 g/mol. The quantitative estimate of drug-likeness (QED) is 0.358. The van der Waals surface area contributed by atoms with Crippen LogP contribution in [0.3, 0.4) is 0 Å². The third-order valence-corrected chi connectivity index (χ3v) is 7.07. The van der Waals surface area contributed by atoms with Crippen LogP contribution in [0.2, 0.25) is 0 Å². The standard InChI is InChI=1S/C31H41N3O.2C2H6/c1-5-35-30-14-10-9-13-27(30)28-16-15-26-21-24(2)17-19-34(23-25-11-7-6-8-12-25)20-18-31(3,4)32-22-29(26)33-28;2*1-2/h6-16,24,32H,5,17-23H2,1-4H3;2*1-2H3. The van der Waals surface area contributed by atoms with Gasteiger partial charge >= 0.3 is 0 Å². The Bertz CT molecular complexity index is 1080. The summed E-state index contributed by atoms with van der Waals surface area (Å²) in [7, 11) is 0. The Morgan fingerprint density at radius 2 is 1.62 bits per heavy atom. The molecule has 1 atom stereocenters. The molecule has 4 rings (SSSR count). The van der Waals surface area contributed by atoms with E-state index in [1.807, 2.05) is 46.8 Å². The van der Waals surface area contributed by atoms with Crippen LogP contribution in [-0.2, 0) is 19.5 Å². The van der Waals surface area contributed by atoms with Crippen LogP contribution >= 0.6 is 0 Å². The summed E-state index contributed by atoms with van der Waals surface area (Å²) >= 11 is 0. The molecule has 0 radical (unpaired) electrons. The number of benzene rings is 2. The highest BCUT2D eigenvalue weighted by Gasteiger charge is 2.22. The van der Waals surface area contributed by atoms with E-state index in [9.17, 15) is 0 Å². The molecule has 0 bridgehead atoms. The van der Waals surface area contributed by atoms with E-state index in [0.717, 1.165) is 61.7 Å². The van der Waals surface area contributed by atoms with Crippen molar-refractivity contribution in [2.24, 2.45) is 5.92 Å². The normalized spacial score (nSPS) is 17.6. The van der Waals surface area contributed by atoms with E-state index < -0.39 is 0 Å². The van der Waals surface area contributed by atoms with Crippen molar-refractivity contribution in [3.63, 3.8) is 0 Å². The highest BCUT2D eigenvalue weighted by atomic mass is 16.5. The second-order valence-corrected chi connectivity index (χ2v) is 10.6. The van der Waals surface area contributed by atoms with Gasteiger partial charge in [0.15, 0.2) is 0 Å². The van der Waals surface area contributed by atoms with Gasteiger partial charge in [-0.2, -0.15) is 0 Å². The van der Waals surface area contributed by atoms with Crippen LogP contribution in [-0.4, -0.2) is 35.1 Å². The highest BCUT2D eigenvalue weighted by Crippen LogP contribution is 2.30. The van der Waals surface area contributed by atoms with Crippen molar-refractivity contribution < 1.29 is 4.74 Å². The Labute approximate surface area is 239 Å². The lowest BCUT2D eigenvalue weighted by molar-refractivity contribution is 0.210. The molecule has 4 nitrogen and oxygen atoms in total. The molecule has 0 amide bonds. The van der Waals surface area contributed by atoms with Gasteiger partial charge in [-0.25, -0.2) is 0 Å². The molecular formula is C35H53N3O. The third-order valence-electron chi connectivity index (χ3n) is 7.07. The summed E-state index contributed by atoms with van der Waals surface area (Å²) < 4.78 is 5.89. The Morgan fingerprint density at radius 1 is 0.923 bits per heavy atom. The summed E-state index contributed by atoms with van der Waals surface area (Å²) in [6, 6.07) is 23.6. The molecule has 1 aliphatic rings. The zero-order chi connectivity index (χ0) is 28.7. The van der Waals surface area contributed by atoms with E-state index in [1.54, 1.807) is 0 Å². The Kier molecular flexibility index (Phi) is 14.3. The highest BCUT2D eigenvalue weighted by molar-refractivity contribution is 5.67. The van der Waals surface area contributed by atoms with Gasteiger partial charge in [-0.3, -0.25) is 9.88 Å². The predicted molar refractivity (Wildman–Crippen MR) is 168 cm³/mol. The minimum Gasteiger partial charge on any atom is -0.493 e. The SMILES string of the molecule is CC.CC.CCOc1ccccc1-c1ccc2c(n1)CNC(C)(C)CCN(Cc1ccccc1)CCC(C)C2. The Morgan fingerprint density at radius 3 is 2.33 bits per heavy atom. The first-order valence-electron chi connectivity index (χ1n) is 15.2. The Hall–Kier alpha value is -2.69. The number of nitrogens with zero attached hydrogens (tertiary/aromatic N) is 2. The summed E-state index contributed by atoms with van der Waals surface area (Å²) in [5.41, 5.74) is 5.99. The smallest absolute Gasteiger partial charge is 0.128 e. The van der Waals surface area contributed by atoms with Crippen molar-refractivity contribution >= 4 is 0 Å². The van der Waals surface area contributed by atoms with Crippen molar-refractivity contribution in [1.82, 2.24) is 15.2 Å². The number of para-hydroxylation sites is 1. The topological polar surface area (TPSA) is 37.4 Å². The van der Waals surface area contributed by atoms with Crippen molar-refractivity contribution in [3.8, 4) is 17.0 Å². The van der Waals surface area contributed by atoms with E-state index >= 15 is 0 Å². The molecule has 0 fully saturated rings. The number of hydrogen-bond acceptors (Lipinski definition) is 4. The van der Waals surface area contributed by atoms with Crippen molar-refractivity contribution in [1.29, 1.82) is 0 Å². The monoisotopic (exact) mass is 531 g/mol. The molecule has 1 aliphatic heterocycles. The summed E-state index contributed by atoms with van der Waals surface area (Å²) in [5.74, 6) is 1.50. The first-order valence-corrected chi connectivity index (χ1v) is 15.2. The minimum absolute atomic E-state index is 0.0257. The van der Waals surface area contributed by atoms with E-state index in [4.69, 9.17) is 9.72 Å². The van der Waals surface area contributed by atoms with Gasteiger partial charge in [-0.1, -0.05) is 83.1 Å². The van der Waals surface area contributed by atoms with Gasteiger partial charge in [0.25, 0.3) is 0 Å². The van der Waals surface area contributed by atoms with E-state index in [-0.39, 0.29) is 5.54 Å². The molecule has 39 heavy (non-hydrogen) atoms. The third kappa shape index (κ3) is 10.4. The maximum atomic E-state index is 5.89. The largest absolute Gasteiger partial charge is 0.493 e. The van der Waals surface area contributed by atoms with Gasteiger partial charge in [-0.05, 0) is 81.8 Å². The summed E-state index contributed by atoms with van der Waals surface area (Å²) in [5, 5.41) is 3.83. The summed E-state index contributed by atoms with van der Waals surface area (Å²) in [4.78, 5) is 7.80. The zero-order valence-corrected chi connectivity index (χ0v) is 25.9. The van der Waals surface area contributed by atoms with Crippen LogP contribution in [0.15, 0.2) is 66.7 Å². The molecule has 3 aromatic rings. The first kappa shape index (κ1) is 32.5. The minimum atomic E-state index is 0.0257. The lowest BCUT2D eigenvalue weighted by atomic mass is 9.93. The summed E-state index contributed by atoms with van der Waals surface area (Å²) in [6.07, 6.45) is 3.34. The molecule has 1 unspecified atom stereocenters. The van der Waals surface area contributed by atoms with Crippen LogP contribution in [0.5, 0.6) is 5.75 Å². The maximum absolute atomic E-state index is 5.89. The predicted octanol–water partition coefficient (Wildman–Crippen LogP) is 8.54. The van der Waals surface area contributed by atoms with Crippen LogP contribution < -0.4 is 10.1 Å². The average Bonchev–Trinajstić information content (AvgIpc) is 2.97. The molecule has 2 aromatic carbocycles. The number of nitrogens with one attached hydrogen (secondary N) is 1. The van der Waals surface area contributed by atoms with Crippen LogP contribution in [0.1, 0.15) is 85.1 Å². The molecule has 0 spiro atoms. The van der Waals surface area contributed by atoms with Crippen molar-refractivity contribution in [2.45, 2.75) is 93.3 Å². The summed E-state index contributed by atoms with van der Waals surface area (Å²) in [6.45, 7) is 21.7. The second kappa shape index (κ2) is 17.1. The molecule has 1 aromatic heterocycles. The molecule has 0 aliphatic carbocycles. The van der Waals surface area contributed by atoms with Crippen LogP contribution in [0, 0.1) is 5.92 Å². The van der Waals surface area contributed by atoms with Gasteiger partial charge in [0.05, 0.1) is 18.0 Å². The Balaban J connectivity index is 0.00000127. The van der Waals surface area contributed by atoms with Crippen LogP contribution in [0.4, 0.5) is 0 Å². The van der Waals surface area contributed by atoms with Crippen LogP contribution in [0.25, 0.3) is 11.3 Å². The van der Waals surface area contributed by atoms with E-state index in [2.05, 4.69) is 85.6 Å². The van der Waals surface area contributed by atoms with E-state index in [1.165, 1.54) is 17.5 Å². The zero-order valence-electron chi connectivity index (χ0n) is 25.9. The fourth-order valence-corrected chi connectivity index (χ4v) is 4.82. The lowest BCUT2D eigenvalue weighted by Crippen LogP contribution is -2.43. The fraction of sp³-hybridized carbons (Fsp3) is 0.514. The molecule has 2 heterocycles. The lowest BCUT2D eigenvalue weighted by Gasteiger charge is -2.32. The molecule has 1 N–H and O–H groups in total. The number of pyridine rings is 1. The van der Waals surface area contributed by atoms with Gasteiger partial charge in [0.2, 0.25) is 0 Å².